The van der Waals surface area contributed by atoms with Crippen LogP contribution in [0.5, 0.6) is 0 Å². The Bertz CT molecular complexity index is 446. The molecule has 0 saturated heterocycles. The van der Waals surface area contributed by atoms with Gasteiger partial charge in [-0.05, 0) is 31.5 Å². The zero-order chi connectivity index (χ0) is 14.3. The van der Waals surface area contributed by atoms with Crippen LogP contribution in [0, 0.1) is 0 Å². The van der Waals surface area contributed by atoms with Crippen molar-refractivity contribution in [2.24, 2.45) is 0 Å². The van der Waals surface area contributed by atoms with Crippen molar-refractivity contribution < 1.29 is 14.3 Å². The minimum absolute atomic E-state index is 0.141. The number of hydrogen-bond donors (Lipinski definition) is 2. The van der Waals surface area contributed by atoms with Crippen LogP contribution in [0.1, 0.15) is 30.6 Å². The number of rotatable bonds is 6. The van der Waals surface area contributed by atoms with E-state index < -0.39 is 6.10 Å². The van der Waals surface area contributed by atoms with Crippen molar-refractivity contribution >= 4 is 17.5 Å². The molecule has 0 fully saturated rings. The fourth-order valence-corrected chi connectivity index (χ4v) is 1.43. The average Bonchev–Trinajstić information content (AvgIpc) is 2.43. The molecule has 5 nitrogen and oxygen atoms in total. The zero-order valence-corrected chi connectivity index (χ0v) is 11.5. The minimum atomic E-state index is -0.530. The van der Waals surface area contributed by atoms with Gasteiger partial charge in [0.2, 0.25) is 0 Å². The summed E-state index contributed by atoms with van der Waals surface area (Å²) in [5, 5.41) is 5.49. The molecule has 0 aromatic heterocycles. The molecular weight excluding hydrogens is 244 g/mol. The first kappa shape index (κ1) is 15.2. The summed E-state index contributed by atoms with van der Waals surface area (Å²) in [6.07, 6.45) is 0.352. The molecule has 0 radical (unpaired) electrons. The Balaban J connectivity index is 2.71. The Morgan fingerprint density at radius 2 is 2.11 bits per heavy atom. The van der Waals surface area contributed by atoms with E-state index in [1.165, 1.54) is 7.11 Å². The maximum absolute atomic E-state index is 11.8. The summed E-state index contributed by atoms with van der Waals surface area (Å²) >= 11 is 0. The van der Waals surface area contributed by atoms with Crippen molar-refractivity contribution in [1.29, 1.82) is 0 Å². The molecule has 2 N–H and O–H groups in total. The van der Waals surface area contributed by atoms with Gasteiger partial charge in [0.1, 0.15) is 6.10 Å². The highest BCUT2D eigenvalue weighted by molar-refractivity contribution is 5.98. The highest BCUT2D eigenvalue weighted by Crippen LogP contribution is 2.11. The lowest BCUT2D eigenvalue weighted by Crippen LogP contribution is -2.27. The van der Waals surface area contributed by atoms with Gasteiger partial charge in [-0.1, -0.05) is 13.0 Å². The third-order valence-corrected chi connectivity index (χ3v) is 2.65. The second-order valence-corrected chi connectivity index (χ2v) is 4.20. The van der Waals surface area contributed by atoms with Gasteiger partial charge in [0.15, 0.2) is 0 Å². The molecule has 0 saturated carbocycles. The largest absolute Gasteiger partial charge is 0.372 e. The minimum Gasteiger partial charge on any atom is -0.372 e. The molecule has 1 rings (SSSR count). The van der Waals surface area contributed by atoms with Gasteiger partial charge in [-0.15, -0.1) is 0 Å². The quantitative estimate of drug-likeness (QED) is 0.823. The predicted molar refractivity (Wildman–Crippen MR) is 74.2 cm³/mol. The number of carbonyl (C=O) groups excluding carboxylic acids is 2. The van der Waals surface area contributed by atoms with Gasteiger partial charge in [-0.3, -0.25) is 9.59 Å². The Hall–Kier alpha value is -1.88. The van der Waals surface area contributed by atoms with Gasteiger partial charge in [0.05, 0.1) is 0 Å². The summed E-state index contributed by atoms with van der Waals surface area (Å²) in [5.41, 5.74) is 1.11. The summed E-state index contributed by atoms with van der Waals surface area (Å²) in [5.74, 6) is -0.383. The predicted octanol–water partition coefficient (Wildman–Crippen LogP) is 1.80. The molecule has 5 heteroatoms. The van der Waals surface area contributed by atoms with Gasteiger partial charge in [0, 0.05) is 24.9 Å². The Morgan fingerprint density at radius 3 is 2.74 bits per heavy atom. The molecule has 104 valence electrons. The summed E-state index contributed by atoms with van der Waals surface area (Å²) < 4.78 is 4.92. The first-order chi connectivity index (χ1) is 9.08. The number of hydrogen-bond acceptors (Lipinski definition) is 3. The molecule has 19 heavy (non-hydrogen) atoms. The molecule has 0 aliphatic carbocycles. The Morgan fingerprint density at radius 1 is 1.37 bits per heavy atom. The van der Waals surface area contributed by atoms with Crippen LogP contribution in [-0.4, -0.2) is 31.6 Å². The highest BCUT2D eigenvalue weighted by Gasteiger charge is 2.12. The topological polar surface area (TPSA) is 67.4 Å². The van der Waals surface area contributed by atoms with Crippen LogP contribution in [0.3, 0.4) is 0 Å². The van der Waals surface area contributed by atoms with E-state index in [-0.39, 0.29) is 11.8 Å². The highest BCUT2D eigenvalue weighted by atomic mass is 16.5. The lowest BCUT2D eigenvalue weighted by atomic mass is 10.2. The second-order valence-electron chi connectivity index (χ2n) is 4.20. The number of benzene rings is 1. The molecule has 1 aromatic carbocycles. The van der Waals surface area contributed by atoms with Crippen LogP contribution < -0.4 is 10.6 Å². The van der Waals surface area contributed by atoms with Crippen molar-refractivity contribution in [2.75, 3.05) is 19.0 Å². The Labute approximate surface area is 113 Å². The van der Waals surface area contributed by atoms with Gasteiger partial charge in [-0.2, -0.15) is 0 Å². The average molecular weight is 264 g/mol. The van der Waals surface area contributed by atoms with Crippen LogP contribution in [0.4, 0.5) is 5.69 Å². The van der Waals surface area contributed by atoms with Crippen molar-refractivity contribution in [1.82, 2.24) is 5.32 Å². The summed E-state index contributed by atoms with van der Waals surface area (Å²) in [6, 6.07) is 6.82. The molecule has 2 amide bonds. The van der Waals surface area contributed by atoms with E-state index in [2.05, 4.69) is 10.6 Å². The van der Waals surface area contributed by atoms with Gasteiger partial charge >= 0.3 is 0 Å². The number of methoxy groups -OCH3 is 1. The van der Waals surface area contributed by atoms with Crippen LogP contribution in [0.25, 0.3) is 0 Å². The number of amides is 2. The van der Waals surface area contributed by atoms with Crippen molar-refractivity contribution in [3.8, 4) is 0 Å². The first-order valence-corrected chi connectivity index (χ1v) is 6.30. The number of anilines is 1. The van der Waals surface area contributed by atoms with E-state index in [1.54, 1.807) is 31.2 Å². The van der Waals surface area contributed by atoms with Crippen molar-refractivity contribution in [2.45, 2.75) is 26.4 Å². The maximum Gasteiger partial charge on any atom is 0.253 e. The lowest BCUT2D eigenvalue weighted by Gasteiger charge is -2.11. The number of carbonyl (C=O) groups is 2. The van der Waals surface area contributed by atoms with Crippen molar-refractivity contribution in [3.63, 3.8) is 0 Å². The normalized spacial score (nSPS) is 11.7. The number of ether oxygens (including phenoxy) is 1. The molecule has 1 atom stereocenters. The van der Waals surface area contributed by atoms with Crippen molar-refractivity contribution in [3.05, 3.63) is 29.8 Å². The van der Waals surface area contributed by atoms with Crippen LogP contribution >= 0.6 is 0 Å². The first-order valence-electron chi connectivity index (χ1n) is 6.30. The molecule has 0 bridgehead atoms. The fraction of sp³-hybridized carbons (Fsp3) is 0.429. The molecule has 0 aliphatic heterocycles. The maximum atomic E-state index is 11.8. The third-order valence-electron chi connectivity index (χ3n) is 2.65. The van der Waals surface area contributed by atoms with E-state index in [0.717, 1.165) is 6.42 Å². The van der Waals surface area contributed by atoms with Gasteiger partial charge < -0.3 is 15.4 Å². The van der Waals surface area contributed by atoms with Crippen LogP contribution in [0.15, 0.2) is 24.3 Å². The smallest absolute Gasteiger partial charge is 0.253 e. The van der Waals surface area contributed by atoms with E-state index in [0.29, 0.717) is 17.8 Å². The Kier molecular flexibility index (Phi) is 6.02. The molecular formula is C14H20N2O3. The van der Waals surface area contributed by atoms with E-state index in [4.69, 9.17) is 4.74 Å². The number of nitrogens with one attached hydrogen (secondary N) is 2. The van der Waals surface area contributed by atoms with E-state index >= 15 is 0 Å². The molecule has 0 heterocycles. The lowest BCUT2D eigenvalue weighted by molar-refractivity contribution is -0.124. The SMILES string of the molecule is CCCNC(=O)c1cccc(NC(=O)C(C)OC)c1. The van der Waals surface area contributed by atoms with Gasteiger partial charge in [-0.25, -0.2) is 0 Å². The summed E-state index contributed by atoms with van der Waals surface area (Å²) in [4.78, 5) is 23.4. The van der Waals surface area contributed by atoms with Crippen LogP contribution in [0.2, 0.25) is 0 Å². The molecule has 0 aliphatic rings. The fourth-order valence-electron chi connectivity index (χ4n) is 1.43. The molecule has 1 unspecified atom stereocenters. The third kappa shape index (κ3) is 4.71. The van der Waals surface area contributed by atoms with Gasteiger partial charge in [0.25, 0.3) is 11.8 Å². The second kappa shape index (κ2) is 7.53. The molecule has 0 spiro atoms. The summed E-state index contributed by atoms with van der Waals surface area (Å²) in [6.45, 7) is 4.28. The molecule has 1 aromatic rings. The van der Waals surface area contributed by atoms with E-state index in [1.807, 2.05) is 6.92 Å². The zero-order valence-electron chi connectivity index (χ0n) is 11.5. The standard InChI is InChI=1S/C14H20N2O3/c1-4-8-15-14(18)11-6-5-7-12(9-11)16-13(17)10(2)19-3/h5-7,9-10H,4,8H2,1-3H3,(H,15,18)(H,16,17). The van der Waals surface area contributed by atoms with Crippen LogP contribution in [-0.2, 0) is 9.53 Å². The monoisotopic (exact) mass is 264 g/mol. The van der Waals surface area contributed by atoms with E-state index in [9.17, 15) is 9.59 Å². The summed E-state index contributed by atoms with van der Waals surface area (Å²) in [7, 11) is 1.47.